The van der Waals surface area contributed by atoms with Gasteiger partial charge >= 0.3 is 0 Å². The van der Waals surface area contributed by atoms with E-state index in [2.05, 4.69) is 15.8 Å². The number of halogens is 1. The minimum Gasteiger partial charge on any atom is -0.325 e. The maximum Gasteiger partial charge on any atom is 0.295 e. The molecule has 0 aliphatic heterocycles. The standard InChI is InChI=1S/C19H18FN5OS/c1-13-17(18(26)25(24(13)2)15-9-4-3-5-10-15)22-19(27)23-21-12-14-8-6-7-11-16(14)20/h3-12H,1-2H3,(H2,22,23,27)/b21-12-. The molecule has 3 aromatic rings. The predicted molar refractivity (Wildman–Crippen MR) is 109 cm³/mol. The number of hydrogen-bond donors (Lipinski definition) is 2. The Labute approximate surface area is 160 Å². The molecular formula is C19H18FN5OS. The summed E-state index contributed by atoms with van der Waals surface area (Å²) in [5, 5.41) is 6.91. The van der Waals surface area contributed by atoms with Crippen molar-refractivity contribution < 1.29 is 4.39 Å². The second-order valence-corrected chi connectivity index (χ2v) is 6.19. The summed E-state index contributed by atoms with van der Waals surface area (Å²) in [6.07, 6.45) is 1.32. The van der Waals surface area contributed by atoms with Gasteiger partial charge in [0.2, 0.25) is 0 Å². The Morgan fingerprint density at radius 3 is 2.52 bits per heavy atom. The second-order valence-electron chi connectivity index (χ2n) is 5.78. The molecule has 2 N–H and O–H groups in total. The summed E-state index contributed by atoms with van der Waals surface area (Å²) in [7, 11) is 1.79. The van der Waals surface area contributed by atoms with E-state index in [1.54, 1.807) is 34.6 Å². The van der Waals surface area contributed by atoms with Crippen molar-refractivity contribution in [3.8, 4) is 5.69 Å². The fourth-order valence-electron chi connectivity index (χ4n) is 2.59. The molecule has 0 fully saturated rings. The molecule has 27 heavy (non-hydrogen) atoms. The van der Waals surface area contributed by atoms with Gasteiger partial charge in [-0.05, 0) is 37.3 Å². The number of nitrogens with zero attached hydrogens (tertiary/aromatic N) is 3. The molecule has 1 aromatic heterocycles. The average molecular weight is 383 g/mol. The van der Waals surface area contributed by atoms with Crippen LogP contribution in [0.4, 0.5) is 10.1 Å². The Balaban J connectivity index is 1.77. The van der Waals surface area contributed by atoms with Gasteiger partial charge in [0.25, 0.3) is 5.56 Å². The van der Waals surface area contributed by atoms with E-state index in [0.717, 1.165) is 5.69 Å². The molecule has 0 unspecified atom stereocenters. The summed E-state index contributed by atoms with van der Waals surface area (Å²) in [6.45, 7) is 1.81. The molecule has 8 heteroatoms. The van der Waals surface area contributed by atoms with Gasteiger partial charge in [-0.15, -0.1) is 0 Å². The Kier molecular flexibility index (Phi) is 5.46. The zero-order valence-electron chi connectivity index (χ0n) is 14.8. The molecule has 0 bridgehead atoms. The SMILES string of the molecule is Cc1c(NC(=S)N/N=C\c2ccccc2F)c(=O)n(-c2ccccc2)n1C. The normalized spacial score (nSPS) is 10.9. The number of anilines is 1. The van der Waals surface area contributed by atoms with Gasteiger partial charge in [0.15, 0.2) is 5.11 Å². The Morgan fingerprint density at radius 2 is 1.81 bits per heavy atom. The molecule has 6 nitrogen and oxygen atoms in total. The predicted octanol–water partition coefficient (Wildman–Crippen LogP) is 2.94. The van der Waals surface area contributed by atoms with Gasteiger partial charge in [-0.25, -0.2) is 9.07 Å². The number of benzene rings is 2. The summed E-state index contributed by atoms with van der Waals surface area (Å²) < 4.78 is 16.8. The first-order valence-electron chi connectivity index (χ1n) is 8.17. The second kappa shape index (κ2) is 7.96. The third kappa shape index (κ3) is 3.95. The monoisotopic (exact) mass is 383 g/mol. The highest BCUT2D eigenvalue weighted by Gasteiger charge is 2.16. The van der Waals surface area contributed by atoms with Gasteiger partial charge in [-0.2, -0.15) is 5.10 Å². The Hall–Kier alpha value is -3.26. The van der Waals surface area contributed by atoms with Gasteiger partial charge in [0.05, 0.1) is 17.6 Å². The van der Waals surface area contributed by atoms with Crippen molar-refractivity contribution in [3.63, 3.8) is 0 Å². The number of aromatic nitrogens is 2. The van der Waals surface area contributed by atoms with Crippen LogP contribution in [0.5, 0.6) is 0 Å². The van der Waals surface area contributed by atoms with Gasteiger partial charge in [0, 0.05) is 12.6 Å². The first kappa shape index (κ1) is 18.5. The lowest BCUT2D eigenvalue weighted by molar-refractivity contribution is 0.626. The molecule has 1 heterocycles. The lowest BCUT2D eigenvalue weighted by atomic mass is 10.2. The van der Waals surface area contributed by atoms with Gasteiger partial charge in [0.1, 0.15) is 11.5 Å². The molecule has 3 rings (SSSR count). The maximum atomic E-state index is 13.6. The Morgan fingerprint density at radius 1 is 1.15 bits per heavy atom. The van der Waals surface area contributed by atoms with Crippen molar-refractivity contribution in [2.24, 2.45) is 12.1 Å². The number of hydrogen-bond acceptors (Lipinski definition) is 3. The topological polar surface area (TPSA) is 63.4 Å². The molecule has 0 aliphatic carbocycles. The summed E-state index contributed by atoms with van der Waals surface area (Å²) in [4.78, 5) is 12.8. The van der Waals surface area contributed by atoms with Crippen LogP contribution in [-0.4, -0.2) is 20.7 Å². The summed E-state index contributed by atoms with van der Waals surface area (Å²) in [5.41, 5.74) is 4.50. The van der Waals surface area contributed by atoms with Crippen molar-refractivity contribution in [2.75, 3.05) is 5.32 Å². The van der Waals surface area contributed by atoms with E-state index in [4.69, 9.17) is 12.2 Å². The van der Waals surface area contributed by atoms with E-state index in [-0.39, 0.29) is 16.5 Å². The van der Waals surface area contributed by atoms with Crippen LogP contribution >= 0.6 is 12.2 Å². The number of thiocarbonyl (C=S) groups is 1. The molecule has 0 radical (unpaired) electrons. The van der Waals surface area contributed by atoms with Crippen LogP contribution < -0.4 is 16.3 Å². The fraction of sp³-hybridized carbons (Fsp3) is 0.105. The Bertz CT molecular complexity index is 1060. The summed E-state index contributed by atoms with van der Waals surface area (Å²) in [6, 6.07) is 15.5. The van der Waals surface area contributed by atoms with Crippen molar-refractivity contribution >= 4 is 29.2 Å². The van der Waals surface area contributed by atoms with E-state index in [0.29, 0.717) is 16.9 Å². The number of hydrazone groups is 1. The number of rotatable bonds is 4. The van der Waals surface area contributed by atoms with Crippen LogP contribution in [0.15, 0.2) is 64.5 Å². The third-order valence-corrected chi connectivity index (χ3v) is 4.26. The van der Waals surface area contributed by atoms with E-state index < -0.39 is 0 Å². The van der Waals surface area contributed by atoms with Gasteiger partial charge < -0.3 is 5.32 Å². The van der Waals surface area contributed by atoms with Crippen LogP contribution in [0.25, 0.3) is 5.69 Å². The van der Waals surface area contributed by atoms with Crippen LogP contribution in [0, 0.1) is 12.7 Å². The number of para-hydroxylation sites is 1. The van der Waals surface area contributed by atoms with E-state index in [1.165, 1.54) is 12.3 Å². The van der Waals surface area contributed by atoms with Crippen LogP contribution in [0.1, 0.15) is 11.3 Å². The average Bonchev–Trinajstić information content (AvgIpc) is 2.87. The van der Waals surface area contributed by atoms with Crippen molar-refractivity contribution in [1.29, 1.82) is 0 Å². The number of nitrogens with one attached hydrogen (secondary N) is 2. The first-order chi connectivity index (χ1) is 13.0. The molecular weight excluding hydrogens is 365 g/mol. The van der Waals surface area contributed by atoms with Crippen LogP contribution in [0.2, 0.25) is 0 Å². The molecule has 2 aromatic carbocycles. The third-order valence-electron chi connectivity index (χ3n) is 4.07. The van der Waals surface area contributed by atoms with E-state index in [9.17, 15) is 9.18 Å². The molecule has 0 saturated carbocycles. The van der Waals surface area contributed by atoms with Crippen LogP contribution in [-0.2, 0) is 7.05 Å². The van der Waals surface area contributed by atoms with E-state index in [1.807, 2.05) is 37.3 Å². The van der Waals surface area contributed by atoms with Crippen molar-refractivity contribution in [2.45, 2.75) is 6.92 Å². The first-order valence-corrected chi connectivity index (χ1v) is 8.58. The highest BCUT2D eigenvalue weighted by Crippen LogP contribution is 2.13. The van der Waals surface area contributed by atoms with Crippen molar-refractivity contribution in [3.05, 3.63) is 82.0 Å². The molecule has 0 amide bonds. The fourth-order valence-corrected chi connectivity index (χ4v) is 2.75. The highest BCUT2D eigenvalue weighted by molar-refractivity contribution is 7.80. The van der Waals surface area contributed by atoms with Gasteiger partial charge in [-0.3, -0.25) is 14.9 Å². The minimum atomic E-state index is -0.383. The molecule has 0 spiro atoms. The zero-order valence-corrected chi connectivity index (χ0v) is 15.6. The lowest BCUT2D eigenvalue weighted by Crippen LogP contribution is -2.28. The highest BCUT2D eigenvalue weighted by atomic mass is 32.1. The summed E-state index contributed by atoms with van der Waals surface area (Å²) >= 11 is 5.19. The molecule has 0 aliphatic rings. The van der Waals surface area contributed by atoms with Crippen LogP contribution in [0.3, 0.4) is 0 Å². The minimum absolute atomic E-state index is 0.133. The van der Waals surface area contributed by atoms with Gasteiger partial charge in [-0.1, -0.05) is 36.4 Å². The lowest BCUT2D eigenvalue weighted by Gasteiger charge is -2.07. The zero-order chi connectivity index (χ0) is 19.4. The largest absolute Gasteiger partial charge is 0.325 e. The smallest absolute Gasteiger partial charge is 0.295 e. The molecule has 0 atom stereocenters. The molecule has 138 valence electrons. The molecule has 0 saturated heterocycles. The van der Waals surface area contributed by atoms with E-state index >= 15 is 0 Å². The van der Waals surface area contributed by atoms with Crippen molar-refractivity contribution in [1.82, 2.24) is 14.8 Å². The quantitative estimate of drug-likeness (QED) is 0.413. The summed E-state index contributed by atoms with van der Waals surface area (Å²) in [5.74, 6) is -0.383. The maximum absolute atomic E-state index is 13.6.